The third-order valence-electron chi connectivity index (χ3n) is 3.90. The fourth-order valence-corrected chi connectivity index (χ4v) is 4.05. The Morgan fingerprint density at radius 3 is 2.67 bits per heavy atom. The highest BCUT2D eigenvalue weighted by Crippen LogP contribution is 2.30. The van der Waals surface area contributed by atoms with E-state index in [2.05, 4.69) is 10.3 Å². The predicted molar refractivity (Wildman–Crippen MR) is 103 cm³/mol. The molecule has 1 N–H and O–H groups in total. The van der Waals surface area contributed by atoms with Crippen molar-refractivity contribution >= 4 is 45.0 Å². The predicted octanol–water partition coefficient (Wildman–Crippen LogP) is 1.41. The molecule has 2 amide bonds. The van der Waals surface area contributed by atoms with Crippen LogP contribution in [0.2, 0.25) is 0 Å². The lowest BCUT2D eigenvalue weighted by Crippen LogP contribution is -2.43. The summed E-state index contributed by atoms with van der Waals surface area (Å²) in [4.78, 5) is 30.0. The zero-order valence-electron chi connectivity index (χ0n) is 14.7. The van der Waals surface area contributed by atoms with Crippen molar-refractivity contribution < 1.29 is 18.0 Å². The van der Waals surface area contributed by atoms with E-state index in [1.165, 1.54) is 43.0 Å². The maximum Gasteiger partial charge on any atom is 0.244 e. The summed E-state index contributed by atoms with van der Waals surface area (Å²) in [7, 11) is -0.644. The second-order valence-corrected chi connectivity index (χ2v) is 9.10. The number of hydrogen-bond acceptors (Lipinski definition) is 6. The third-order valence-corrected chi connectivity index (χ3v) is 6.63. The number of benzene rings is 1. The Kier molecular flexibility index (Phi) is 5.49. The van der Waals surface area contributed by atoms with Crippen LogP contribution in [0.1, 0.15) is 0 Å². The second-order valence-electron chi connectivity index (χ2n) is 5.95. The van der Waals surface area contributed by atoms with Gasteiger partial charge in [-0.3, -0.25) is 9.59 Å². The summed E-state index contributed by atoms with van der Waals surface area (Å²) in [6, 6.07) is 10.1. The van der Waals surface area contributed by atoms with Gasteiger partial charge in [0.1, 0.15) is 11.4 Å². The van der Waals surface area contributed by atoms with Crippen molar-refractivity contribution in [2.24, 2.45) is 0 Å². The molecule has 0 radical (unpaired) electrons. The summed E-state index contributed by atoms with van der Waals surface area (Å²) < 4.78 is 25.2. The van der Waals surface area contributed by atoms with Crippen LogP contribution in [0.3, 0.4) is 0 Å². The Morgan fingerprint density at radius 2 is 2.00 bits per heavy atom. The minimum atomic E-state index is -3.54. The zero-order valence-corrected chi connectivity index (χ0v) is 16.4. The molecule has 0 spiro atoms. The number of rotatable bonds is 5. The Hall–Kier alpha value is -2.43. The molecule has 1 aromatic carbocycles. The van der Waals surface area contributed by atoms with Gasteiger partial charge in [0, 0.05) is 20.3 Å². The zero-order chi connectivity index (χ0) is 19.6. The molecule has 2 heterocycles. The smallest absolute Gasteiger partial charge is 0.244 e. The number of para-hydroxylation sites is 2. The first-order chi connectivity index (χ1) is 12.8. The molecule has 1 aliphatic heterocycles. The van der Waals surface area contributed by atoms with Gasteiger partial charge in [-0.2, -0.15) is 0 Å². The monoisotopic (exact) mass is 406 g/mol. The van der Waals surface area contributed by atoms with Crippen LogP contribution in [0.4, 0.5) is 11.4 Å². The van der Waals surface area contributed by atoms with E-state index in [0.29, 0.717) is 16.4 Å². The van der Waals surface area contributed by atoms with Crippen molar-refractivity contribution in [1.29, 1.82) is 0 Å². The quantitative estimate of drug-likeness (QED) is 0.754. The number of nitrogens with one attached hydrogen (secondary N) is 1. The van der Waals surface area contributed by atoms with Crippen LogP contribution in [0, 0.1) is 0 Å². The van der Waals surface area contributed by atoms with E-state index < -0.39 is 10.0 Å². The summed E-state index contributed by atoms with van der Waals surface area (Å²) in [5.41, 5.74) is 1.26. The topological polar surface area (TPSA) is 99.7 Å². The Morgan fingerprint density at radius 1 is 1.26 bits per heavy atom. The molecule has 27 heavy (non-hydrogen) atoms. The number of carbonyl (C=O) groups is 2. The van der Waals surface area contributed by atoms with Gasteiger partial charge in [0.05, 0.1) is 22.2 Å². The lowest BCUT2D eigenvalue weighted by molar-refractivity contribution is -0.120. The number of nitrogens with zero attached hydrogens (tertiary/aromatic N) is 3. The van der Waals surface area contributed by atoms with Gasteiger partial charge in [0.25, 0.3) is 0 Å². The molecule has 0 unspecified atom stereocenters. The molecule has 0 aliphatic carbocycles. The average molecular weight is 406 g/mol. The lowest BCUT2D eigenvalue weighted by Gasteiger charge is -2.29. The molecule has 0 fully saturated rings. The van der Waals surface area contributed by atoms with Gasteiger partial charge in [-0.1, -0.05) is 23.9 Å². The summed E-state index contributed by atoms with van der Waals surface area (Å²) in [5.74, 6) is -0.397. The summed E-state index contributed by atoms with van der Waals surface area (Å²) >= 11 is 1.18. The Balaban J connectivity index is 1.69. The molecule has 0 saturated heterocycles. The van der Waals surface area contributed by atoms with E-state index in [4.69, 9.17) is 0 Å². The number of amides is 2. The van der Waals surface area contributed by atoms with Crippen LogP contribution in [0.15, 0.2) is 52.5 Å². The molecule has 0 saturated carbocycles. The fourth-order valence-electron chi connectivity index (χ4n) is 2.48. The Bertz CT molecular complexity index is 975. The van der Waals surface area contributed by atoms with E-state index >= 15 is 0 Å². The largest absolute Gasteiger partial charge is 0.323 e. The summed E-state index contributed by atoms with van der Waals surface area (Å²) in [6.45, 7) is -0.0378. The number of carbonyl (C=O) groups excluding carboxylic acids is 2. The molecule has 1 aromatic heterocycles. The minimum Gasteiger partial charge on any atom is -0.323 e. The van der Waals surface area contributed by atoms with Crippen molar-refractivity contribution in [2.45, 2.75) is 9.92 Å². The van der Waals surface area contributed by atoms with Crippen molar-refractivity contribution in [2.75, 3.05) is 36.6 Å². The van der Waals surface area contributed by atoms with Gasteiger partial charge < -0.3 is 10.2 Å². The van der Waals surface area contributed by atoms with Gasteiger partial charge in [0.15, 0.2) is 0 Å². The molecule has 2 aromatic rings. The first-order valence-electron chi connectivity index (χ1n) is 7.99. The van der Waals surface area contributed by atoms with Crippen molar-refractivity contribution in [1.82, 2.24) is 9.29 Å². The van der Waals surface area contributed by atoms with Gasteiger partial charge in [-0.25, -0.2) is 17.7 Å². The molecule has 10 heteroatoms. The first kappa shape index (κ1) is 19.3. The van der Waals surface area contributed by atoms with E-state index in [0.717, 1.165) is 4.31 Å². The normalized spacial score (nSPS) is 14.0. The van der Waals surface area contributed by atoms with Crippen molar-refractivity contribution in [3.05, 3.63) is 42.6 Å². The van der Waals surface area contributed by atoms with Gasteiger partial charge in [0.2, 0.25) is 21.8 Å². The summed E-state index contributed by atoms with van der Waals surface area (Å²) in [5, 5.41) is 3.26. The molecule has 142 valence electrons. The number of anilines is 2. The number of thioether (sulfide) groups is 1. The molecule has 0 bridgehead atoms. The third kappa shape index (κ3) is 4.12. The van der Waals surface area contributed by atoms with E-state index in [-0.39, 0.29) is 29.0 Å². The highest BCUT2D eigenvalue weighted by molar-refractivity contribution is 7.99. The first-order valence-corrected chi connectivity index (χ1v) is 10.4. The van der Waals surface area contributed by atoms with Crippen LogP contribution in [-0.4, -0.2) is 55.9 Å². The molecular weight excluding hydrogens is 388 g/mol. The number of sulfonamides is 1. The fraction of sp³-hybridized carbons (Fsp3) is 0.235. The highest BCUT2D eigenvalue weighted by atomic mass is 32.2. The maximum absolute atomic E-state index is 12.6. The van der Waals surface area contributed by atoms with Crippen LogP contribution in [0.5, 0.6) is 0 Å². The lowest BCUT2D eigenvalue weighted by atomic mass is 10.2. The highest BCUT2D eigenvalue weighted by Gasteiger charge is 2.26. The molecule has 1 aliphatic rings. The van der Waals surface area contributed by atoms with Crippen LogP contribution in [0.25, 0.3) is 0 Å². The van der Waals surface area contributed by atoms with Gasteiger partial charge in [-0.05, 0) is 24.3 Å². The molecule has 8 nitrogen and oxygen atoms in total. The van der Waals surface area contributed by atoms with Crippen LogP contribution < -0.4 is 10.2 Å². The number of pyridine rings is 1. The van der Waals surface area contributed by atoms with Gasteiger partial charge in [-0.15, -0.1) is 0 Å². The number of aromatic nitrogens is 1. The number of fused-ring (bicyclic) bond motifs is 1. The maximum atomic E-state index is 12.6. The van der Waals surface area contributed by atoms with E-state index in [9.17, 15) is 18.0 Å². The second kappa shape index (κ2) is 7.67. The van der Waals surface area contributed by atoms with Crippen molar-refractivity contribution in [3.63, 3.8) is 0 Å². The number of hydrogen-bond donors (Lipinski definition) is 1. The Labute approximate surface area is 161 Å². The van der Waals surface area contributed by atoms with Gasteiger partial charge >= 0.3 is 0 Å². The van der Waals surface area contributed by atoms with Crippen LogP contribution in [-0.2, 0) is 19.6 Å². The van der Waals surface area contributed by atoms with E-state index in [1.54, 1.807) is 30.3 Å². The summed E-state index contributed by atoms with van der Waals surface area (Å²) in [6.07, 6.45) is 1.27. The average Bonchev–Trinajstić information content (AvgIpc) is 2.65. The minimum absolute atomic E-state index is 0.0378. The van der Waals surface area contributed by atoms with Crippen LogP contribution >= 0.6 is 11.8 Å². The molecular formula is C17H18N4O4S2. The molecule has 3 rings (SSSR count). The molecule has 0 atom stereocenters. The van der Waals surface area contributed by atoms with Crippen molar-refractivity contribution in [3.8, 4) is 0 Å². The standard InChI is InChI=1S/C17H18N4O4S2/c1-20(2)27(24,25)12-7-8-16(18-9-12)26-11-17(23)21-10-15(22)19-13-5-3-4-6-14(13)21/h3-9H,10-11H2,1-2H3,(H,19,22). The van der Waals surface area contributed by atoms with E-state index in [1.807, 2.05) is 0 Å². The SMILES string of the molecule is CN(C)S(=O)(=O)c1ccc(SCC(=O)N2CC(=O)Nc3ccccc32)nc1.